The molecule has 1 amide bonds. The highest BCUT2D eigenvalue weighted by Gasteiger charge is 2.46. The molecule has 8 nitrogen and oxygen atoms in total. The van der Waals surface area contributed by atoms with Crippen molar-refractivity contribution < 1.29 is 19.0 Å². The topological polar surface area (TPSA) is 92.9 Å². The lowest BCUT2D eigenvalue weighted by molar-refractivity contribution is -0.114. The number of pyridine rings is 1. The summed E-state index contributed by atoms with van der Waals surface area (Å²) in [5.74, 6) is 0.971. The molecule has 1 aliphatic heterocycles. The fourth-order valence-electron chi connectivity index (χ4n) is 4.87. The van der Waals surface area contributed by atoms with Crippen molar-refractivity contribution in [3.8, 4) is 17.2 Å². The number of amides is 1. The summed E-state index contributed by atoms with van der Waals surface area (Å²) in [5.41, 5.74) is 1.77. The molecule has 2 N–H and O–H groups in total. The molecule has 4 rings (SSSR count). The van der Waals surface area contributed by atoms with Crippen LogP contribution in [-0.4, -0.2) is 49.3 Å². The number of aromatic nitrogens is 1. The van der Waals surface area contributed by atoms with Gasteiger partial charge in [-0.1, -0.05) is 11.6 Å². The van der Waals surface area contributed by atoms with E-state index in [0.29, 0.717) is 50.6 Å². The molecule has 9 heteroatoms. The van der Waals surface area contributed by atoms with E-state index in [1.807, 2.05) is 6.92 Å². The van der Waals surface area contributed by atoms with E-state index in [9.17, 15) is 9.59 Å². The van der Waals surface area contributed by atoms with Gasteiger partial charge in [0.15, 0.2) is 11.5 Å². The van der Waals surface area contributed by atoms with E-state index in [2.05, 4.69) is 29.3 Å². The Bertz CT molecular complexity index is 1150. The number of nitrogens with one attached hydrogen (secondary N) is 2. The Labute approximate surface area is 204 Å². The molecule has 1 aliphatic carbocycles. The summed E-state index contributed by atoms with van der Waals surface area (Å²) in [6.45, 7) is 4.65. The van der Waals surface area contributed by atoms with E-state index in [-0.39, 0.29) is 18.0 Å². The number of aryl methyl sites for hydroxylation is 1. The van der Waals surface area contributed by atoms with Gasteiger partial charge < -0.3 is 29.4 Å². The van der Waals surface area contributed by atoms with Gasteiger partial charge >= 0.3 is 0 Å². The fourth-order valence-corrected chi connectivity index (χ4v) is 5.10. The molecule has 0 saturated heterocycles. The predicted molar refractivity (Wildman–Crippen MR) is 130 cm³/mol. The zero-order chi connectivity index (χ0) is 24.6. The SMILES string of the molecule is COc1cc(C)[nH]c(=O)c1CNC(=O)c1cc(Cl)c2c(c1C)OC1(CCC(CN(C)C)CC1)O2. The average Bonchev–Trinajstić information content (AvgIpc) is 3.16. The zero-order valence-electron chi connectivity index (χ0n) is 20.3. The second-order valence-electron chi connectivity index (χ2n) is 9.52. The lowest BCUT2D eigenvalue weighted by atomic mass is 9.85. The molecule has 0 bridgehead atoms. The van der Waals surface area contributed by atoms with Gasteiger partial charge in [0.05, 0.1) is 24.2 Å². The van der Waals surface area contributed by atoms with Gasteiger partial charge in [0, 0.05) is 36.2 Å². The minimum Gasteiger partial charge on any atom is -0.496 e. The second-order valence-corrected chi connectivity index (χ2v) is 9.93. The largest absolute Gasteiger partial charge is 0.496 e. The summed E-state index contributed by atoms with van der Waals surface area (Å²) in [5, 5.41) is 3.14. The molecule has 2 aliphatic rings. The van der Waals surface area contributed by atoms with Crippen molar-refractivity contribution in [3.05, 3.63) is 49.9 Å². The minimum atomic E-state index is -0.725. The van der Waals surface area contributed by atoms with Gasteiger partial charge in [-0.15, -0.1) is 0 Å². The van der Waals surface area contributed by atoms with Crippen LogP contribution < -0.4 is 25.1 Å². The maximum atomic E-state index is 13.1. The number of ether oxygens (including phenoxy) is 3. The molecule has 1 aromatic carbocycles. The second kappa shape index (κ2) is 9.50. The van der Waals surface area contributed by atoms with Gasteiger partial charge in [-0.2, -0.15) is 0 Å². The predicted octanol–water partition coefficient (Wildman–Crippen LogP) is 3.80. The molecule has 34 heavy (non-hydrogen) atoms. The smallest absolute Gasteiger partial charge is 0.256 e. The first-order chi connectivity index (χ1) is 16.1. The highest BCUT2D eigenvalue weighted by molar-refractivity contribution is 6.33. The standard InChI is InChI=1S/C25H32ClN3O5/c1-14-10-20(32-5)18(24(31)28-14)12-27-23(30)17-11-19(26)22-21(15(17)2)33-25(34-22)8-6-16(7-9-25)13-29(3)4/h10-11,16H,6-9,12-13H2,1-5H3,(H,27,30)(H,28,31). The van der Waals surface area contributed by atoms with Gasteiger partial charge in [0.25, 0.3) is 17.3 Å². The van der Waals surface area contributed by atoms with Crippen LogP contribution in [0.3, 0.4) is 0 Å². The summed E-state index contributed by atoms with van der Waals surface area (Å²) >= 11 is 6.53. The number of hydrogen-bond donors (Lipinski definition) is 2. The van der Waals surface area contributed by atoms with Crippen LogP contribution in [0.1, 0.15) is 52.9 Å². The lowest BCUT2D eigenvalue weighted by Gasteiger charge is -2.36. The highest BCUT2D eigenvalue weighted by atomic mass is 35.5. The Hall–Kier alpha value is -2.71. The summed E-state index contributed by atoms with van der Waals surface area (Å²) in [4.78, 5) is 30.3. The number of benzene rings is 1. The van der Waals surface area contributed by atoms with Crippen molar-refractivity contribution in [1.29, 1.82) is 0 Å². The molecule has 2 heterocycles. The number of halogens is 1. The van der Waals surface area contributed by atoms with Gasteiger partial charge in [0.1, 0.15) is 5.75 Å². The third kappa shape index (κ3) is 4.74. The van der Waals surface area contributed by atoms with Crippen molar-refractivity contribution in [2.24, 2.45) is 5.92 Å². The van der Waals surface area contributed by atoms with Crippen molar-refractivity contribution in [2.45, 2.75) is 51.9 Å². The lowest BCUT2D eigenvalue weighted by Crippen LogP contribution is -2.43. The quantitative estimate of drug-likeness (QED) is 0.641. The summed E-state index contributed by atoms with van der Waals surface area (Å²) in [6, 6.07) is 3.32. The van der Waals surface area contributed by atoms with Gasteiger partial charge in [-0.3, -0.25) is 9.59 Å². The Morgan fingerprint density at radius 3 is 2.56 bits per heavy atom. The Balaban J connectivity index is 1.51. The zero-order valence-corrected chi connectivity index (χ0v) is 21.1. The average molecular weight is 490 g/mol. The first-order valence-corrected chi connectivity index (χ1v) is 11.9. The Morgan fingerprint density at radius 1 is 1.24 bits per heavy atom. The first kappa shape index (κ1) is 24.4. The van der Waals surface area contributed by atoms with Crippen LogP contribution >= 0.6 is 11.6 Å². The summed E-state index contributed by atoms with van der Waals surface area (Å²) in [6.07, 6.45) is 3.55. The maximum absolute atomic E-state index is 13.1. The molecule has 1 saturated carbocycles. The molecule has 0 atom stereocenters. The van der Waals surface area contributed by atoms with Crippen molar-refractivity contribution in [2.75, 3.05) is 27.7 Å². The van der Waals surface area contributed by atoms with E-state index in [1.165, 1.54) is 7.11 Å². The van der Waals surface area contributed by atoms with E-state index in [1.54, 1.807) is 19.1 Å². The van der Waals surface area contributed by atoms with Crippen molar-refractivity contribution in [1.82, 2.24) is 15.2 Å². The van der Waals surface area contributed by atoms with Gasteiger partial charge in [-0.05, 0) is 58.8 Å². The number of carbonyl (C=O) groups is 1. The number of carbonyl (C=O) groups excluding carboxylic acids is 1. The van der Waals surface area contributed by atoms with Crippen LogP contribution in [0, 0.1) is 19.8 Å². The molecule has 1 fully saturated rings. The number of hydrogen-bond acceptors (Lipinski definition) is 6. The minimum absolute atomic E-state index is 0.0142. The molecule has 2 aromatic rings. The third-order valence-electron chi connectivity index (χ3n) is 6.63. The number of aromatic amines is 1. The monoisotopic (exact) mass is 489 g/mol. The van der Waals surface area contributed by atoms with Crippen LogP contribution in [-0.2, 0) is 6.54 Å². The van der Waals surface area contributed by atoms with Gasteiger partial charge in [-0.25, -0.2) is 0 Å². The highest BCUT2D eigenvalue weighted by Crippen LogP contribution is 2.52. The molecule has 1 spiro atoms. The van der Waals surface area contributed by atoms with E-state index in [0.717, 1.165) is 32.2 Å². The van der Waals surface area contributed by atoms with Crippen LogP contribution in [0.15, 0.2) is 16.9 Å². The Morgan fingerprint density at radius 2 is 1.91 bits per heavy atom. The maximum Gasteiger partial charge on any atom is 0.256 e. The number of methoxy groups -OCH3 is 1. The number of nitrogens with zero attached hydrogens (tertiary/aromatic N) is 1. The third-order valence-corrected chi connectivity index (χ3v) is 6.91. The van der Waals surface area contributed by atoms with Crippen LogP contribution in [0.2, 0.25) is 5.02 Å². The molecule has 184 valence electrons. The molecule has 0 radical (unpaired) electrons. The number of rotatable bonds is 6. The van der Waals surface area contributed by atoms with Crippen molar-refractivity contribution >= 4 is 17.5 Å². The summed E-state index contributed by atoms with van der Waals surface area (Å²) in [7, 11) is 5.66. The van der Waals surface area contributed by atoms with Crippen LogP contribution in [0.4, 0.5) is 0 Å². The van der Waals surface area contributed by atoms with Crippen molar-refractivity contribution in [3.63, 3.8) is 0 Å². The fraction of sp³-hybridized carbons (Fsp3) is 0.520. The van der Waals surface area contributed by atoms with E-state index >= 15 is 0 Å². The summed E-state index contributed by atoms with van der Waals surface area (Å²) < 4.78 is 17.9. The van der Waals surface area contributed by atoms with E-state index in [4.69, 9.17) is 25.8 Å². The first-order valence-electron chi connectivity index (χ1n) is 11.5. The molecular formula is C25H32ClN3O5. The van der Waals surface area contributed by atoms with Gasteiger partial charge in [0.2, 0.25) is 0 Å². The normalized spacial score (nSPS) is 21.2. The van der Waals surface area contributed by atoms with Crippen LogP contribution in [0.5, 0.6) is 17.2 Å². The van der Waals surface area contributed by atoms with E-state index < -0.39 is 5.79 Å². The molecule has 1 aromatic heterocycles. The van der Waals surface area contributed by atoms with Crippen LogP contribution in [0.25, 0.3) is 0 Å². The molecular weight excluding hydrogens is 458 g/mol. The molecule has 0 unspecified atom stereocenters. The Kier molecular flexibility index (Phi) is 6.82. The number of H-pyrrole nitrogens is 1. The number of fused-ring (bicyclic) bond motifs is 1.